The zero-order valence-electron chi connectivity index (χ0n) is 12.4. The quantitative estimate of drug-likeness (QED) is 0.864. The van der Waals surface area contributed by atoms with Gasteiger partial charge >= 0.3 is 12.1 Å². The van der Waals surface area contributed by atoms with Crippen LogP contribution in [0.4, 0.5) is 13.2 Å². The van der Waals surface area contributed by atoms with E-state index in [0.29, 0.717) is 6.07 Å². The van der Waals surface area contributed by atoms with Crippen LogP contribution in [0.25, 0.3) is 0 Å². The summed E-state index contributed by atoms with van der Waals surface area (Å²) in [6, 6.07) is 1.31. The molecule has 7 nitrogen and oxygen atoms in total. The lowest BCUT2D eigenvalue weighted by Crippen LogP contribution is -2.38. The van der Waals surface area contributed by atoms with E-state index in [1.54, 1.807) is 0 Å². The Morgan fingerprint density at radius 3 is 2.58 bits per heavy atom. The molecule has 10 heteroatoms. The number of hydrogen-bond donors (Lipinski definition) is 2. The lowest BCUT2D eigenvalue weighted by Gasteiger charge is -2.19. The number of aromatic nitrogens is 3. The molecule has 0 saturated carbocycles. The fourth-order valence-corrected chi connectivity index (χ4v) is 1.98. The van der Waals surface area contributed by atoms with E-state index in [-0.39, 0.29) is 5.56 Å². The Morgan fingerprint density at radius 1 is 1.33 bits per heavy atom. The first-order valence-electron chi connectivity index (χ1n) is 6.74. The number of carboxylic acids is 1. The van der Waals surface area contributed by atoms with E-state index in [1.807, 2.05) is 0 Å². The molecule has 2 N–H and O–H groups in total. The van der Waals surface area contributed by atoms with Crippen LogP contribution in [-0.2, 0) is 15.8 Å². The standard InChI is InChI=1S/C14H13F3N4O3/c1-8(21-7-18-6-19-21)12(22)20-11(13(23)24)9-3-2-4-10(5-9)14(15,16)17/h2-8,11H,1H3,(H,20,22)(H,23,24). The number of nitrogens with one attached hydrogen (secondary N) is 1. The van der Waals surface area contributed by atoms with Crippen LogP contribution in [-0.4, -0.2) is 31.7 Å². The molecule has 1 aromatic heterocycles. The maximum atomic E-state index is 12.8. The number of benzene rings is 1. The minimum atomic E-state index is -4.61. The molecule has 0 aliphatic carbocycles. The molecule has 0 bridgehead atoms. The molecule has 0 aliphatic heterocycles. The van der Waals surface area contributed by atoms with Crippen molar-refractivity contribution in [3.05, 3.63) is 48.0 Å². The number of rotatable bonds is 5. The predicted molar refractivity (Wildman–Crippen MR) is 74.7 cm³/mol. The number of carboxylic acid groups (broad SMARTS) is 1. The summed E-state index contributed by atoms with van der Waals surface area (Å²) < 4.78 is 39.5. The SMILES string of the molecule is CC(C(=O)NC(C(=O)O)c1cccc(C(F)(F)F)c1)n1cncn1. The topological polar surface area (TPSA) is 97.1 Å². The summed E-state index contributed by atoms with van der Waals surface area (Å²) in [5, 5.41) is 15.2. The second-order valence-electron chi connectivity index (χ2n) is 4.95. The zero-order chi connectivity index (χ0) is 17.9. The van der Waals surface area contributed by atoms with Crippen LogP contribution in [0.2, 0.25) is 0 Å². The normalized spacial score (nSPS) is 14.0. The maximum Gasteiger partial charge on any atom is 0.416 e. The Balaban J connectivity index is 2.24. The molecule has 0 aliphatic rings. The van der Waals surface area contributed by atoms with Crippen molar-refractivity contribution in [2.75, 3.05) is 0 Å². The molecule has 1 aromatic carbocycles. The van der Waals surface area contributed by atoms with Crippen molar-refractivity contribution in [2.24, 2.45) is 0 Å². The monoisotopic (exact) mass is 342 g/mol. The second kappa shape index (κ2) is 6.69. The molecule has 0 fully saturated rings. The molecule has 1 heterocycles. The molecule has 2 aromatic rings. The van der Waals surface area contributed by atoms with Gasteiger partial charge in [0.15, 0.2) is 6.04 Å². The van der Waals surface area contributed by atoms with Gasteiger partial charge in [0, 0.05) is 0 Å². The van der Waals surface area contributed by atoms with Gasteiger partial charge in [0.1, 0.15) is 18.7 Å². The third-order valence-electron chi connectivity index (χ3n) is 3.29. The van der Waals surface area contributed by atoms with E-state index in [4.69, 9.17) is 0 Å². The molecule has 0 radical (unpaired) electrons. The van der Waals surface area contributed by atoms with Crippen LogP contribution < -0.4 is 5.32 Å². The zero-order valence-corrected chi connectivity index (χ0v) is 12.4. The van der Waals surface area contributed by atoms with Crippen molar-refractivity contribution in [3.8, 4) is 0 Å². The Labute approximate surface area is 134 Å². The van der Waals surface area contributed by atoms with Gasteiger partial charge < -0.3 is 10.4 Å². The van der Waals surface area contributed by atoms with Crippen molar-refractivity contribution in [1.82, 2.24) is 20.1 Å². The fourth-order valence-electron chi connectivity index (χ4n) is 1.98. The summed E-state index contributed by atoms with van der Waals surface area (Å²) in [6.07, 6.45) is -2.15. The number of carbonyl (C=O) groups excluding carboxylic acids is 1. The molecule has 2 atom stereocenters. The Kier molecular flexibility index (Phi) is 4.86. The van der Waals surface area contributed by atoms with Gasteiger partial charge in [-0.2, -0.15) is 18.3 Å². The summed E-state index contributed by atoms with van der Waals surface area (Å²) in [7, 11) is 0. The van der Waals surface area contributed by atoms with E-state index < -0.39 is 35.7 Å². The van der Waals surface area contributed by atoms with Gasteiger partial charge in [0.05, 0.1) is 5.56 Å². The number of alkyl halides is 3. The highest BCUT2D eigenvalue weighted by Gasteiger charge is 2.32. The minimum absolute atomic E-state index is 0.184. The van der Waals surface area contributed by atoms with Crippen LogP contribution in [0, 0.1) is 0 Å². The van der Waals surface area contributed by atoms with E-state index in [0.717, 1.165) is 12.1 Å². The summed E-state index contributed by atoms with van der Waals surface area (Å²) in [6.45, 7) is 1.45. The van der Waals surface area contributed by atoms with Crippen molar-refractivity contribution >= 4 is 11.9 Å². The third-order valence-corrected chi connectivity index (χ3v) is 3.29. The van der Waals surface area contributed by atoms with E-state index >= 15 is 0 Å². The molecule has 0 saturated heterocycles. The van der Waals surface area contributed by atoms with Crippen LogP contribution in [0.1, 0.15) is 30.1 Å². The van der Waals surface area contributed by atoms with Crippen LogP contribution in [0.15, 0.2) is 36.9 Å². The van der Waals surface area contributed by atoms with E-state index in [1.165, 1.54) is 30.3 Å². The van der Waals surface area contributed by atoms with Crippen molar-refractivity contribution in [3.63, 3.8) is 0 Å². The van der Waals surface area contributed by atoms with Gasteiger partial charge in [-0.15, -0.1) is 0 Å². The van der Waals surface area contributed by atoms with Gasteiger partial charge in [-0.1, -0.05) is 12.1 Å². The number of carbonyl (C=O) groups is 2. The molecule has 128 valence electrons. The van der Waals surface area contributed by atoms with Crippen LogP contribution >= 0.6 is 0 Å². The number of halogens is 3. The highest BCUT2D eigenvalue weighted by molar-refractivity contribution is 5.86. The number of amides is 1. The fraction of sp³-hybridized carbons (Fsp3) is 0.286. The number of nitrogens with zero attached hydrogens (tertiary/aromatic N) is 3. The summed E-state index contributed by atoms with van der Waals surface area (Å²) in [5.74, 6) is -2.20. The van der Waals surface area contributed by atoms with Gasteiger partial charge in [0.2, 0.25) is 5.91 Å². The average molecular weight is 342 g/mol. The summed E-state index contributed by atoms with van der Waals surface area (Å²) in [4.78, 5) is 27.2. The van der Waals surface area contributed by atoms with Crippen molar-refractivity contribution in [2.45, 2.75) is 25.2 Å². The number of hydrogen-bond acceptors (Lipinski definition) is 4. The number of aliphatic carboxylic acids is 1. The second-order valence-corrected chi connectivity index (χ2v) is 4.95. The van der Waals surface area contributed by atoms with Gasteiger partial charge in [-0.3, -0.25) is 4.79 Å². The lowest BCUT2D eigenvalue weighted by atomic mass is 10.0. The molecule has 24 heavy (non-hydrogen) atoms. The van der Waals surface area contributed by atoms with Gasteiger partial charge in [0.25, 0.3) is 0 Å². The minimum Gasteiger partial charge on any atom is -0.479 e. The summed E-state index contributed by atoms with van der Waals surface area (Å²) in [5.41, 5.74) is -1.18. The maximum absolute atomic E-state index is 12.8. The highest BCUT2D eigenvalue weighted by atomic mass is 19.4. The summed E-state index contributed by atoms with van der Waals surface area (Å²) >= 11 is 0. The van der Waals surface area contributed by atoms with Gasteiger partial charge in [-0.05, 0) is 24.6 Å². The Bertz CT molecular complexity index is 731. The largest absolute Gasteiger partial charge is 0.479 e. The lowest BCUT2D eigenvalue weighted by molar-refractivity contribution is -0.143. The van der Waals surface area contributed by atoms with Crippen molar-refractivity contribution in [1.29, 1.82) is 0 Å². The predicted octanol–water partition coefficient (Wildman–Crippen LogP) is 1.80. The average Bonchev–Trinajstić information content (AvgIpc) is 3.05. The van der Waals surface area contributed by atoms with E-state index in [9.17, 15) is 27.9 Å². The molecule has 2 rings (SSSR count). The molecular weight excluding hydrogens is 329 g/mol. The Hall–Kier alpha value is -2.91. The van der Waals surface area contributed by atoms with E-state index in [2.05, 4.69) is 15.4 Å². The molecule has 0 spiro atoms. The first-order valence-corrected chi connectivity index (χ1v) is 6.74. The van der Waals surface area contributed by atoms with Crippen LogP contribution in [0.5, 0.6) is 0 Å². The Morgan fingerprint density at radius 2 is 2.04 bits per heavy atom. The van der Waals surface area contributed by atoms with Crippen molar-refractivity contribution < 1.29 is 27.9 Å². The van der Waals surface area contributed by atoms with Gasteiger partial charge in [-0.25, -0.2) is 14.5 Å². The molecule has 1 amide bonds. The smallest absolute Gasteiger partial charge is 0.416 e. The first-order chi connectivity index (χ1) is 11.2. The van der Waals surface area contributed by atoms with Crippen LogP contribution in [0.3, 0.4) is 0 Å². The molecule has 2 unspecified atom stereocenters. The third kappa shape index (κ3) is 3.89. The first kappa shape index (κ1) is 17.4. The molecular formula is C14H13F3N4O3. The highest BCUT2D eigenvalue weighted by Crippen LogP contribution is 2.30.